The normalized spacial score (nSPS) is 16.2. The molecule has 1 fully saturated rings. The largest absolute Gasteiger partial charge is 0.347 e. The van der Waals surface area contributed by atoms with E-state index in [1.807, 2.05) is 12.1 Å². The number of urea groups is 1. The van der Waals surface area contributed by atoms with Crippen LogP contribution in [0.25, 0.3) is 0 Å². The smallest absolute Gasteiger partial charge is 0.317 e. The van der Waals surface area contributed by atoms with Gasteiger partial charge in [-0.25, -0.2) is 9.78 Å². The first-order valence-electron chi connectivity index (χ1n) is 9.10. The summed E-state index contributed by atoms with van der Waals surface area (Å²) in [5.74, 6) is 0.771. The van der Waals surface area contributed by atoms with Gasteiger partial charge in [-0.05, 0) is 43.6 Å². The van der Waals surface area contributed by atoms with Crippen LogP contribution in [-0.4, -0.2) is 52.5 Å². The van der Waals surface area contributed by atoms with Gasteiger partial charge in [0.25, 0.3) is 0 Å². The number of nitrogens with one attached hydrogen (secondary N) is 2. The van der Waals surface area contributed by atoms with E-state index in [0.29, 0.717) is 13.1 Å². The Hall–Kier alpha value is -2.05. The molecule has 2 heterocycles. The van der Waals surface area contributed by atoms with Gasteiger partial charge in [-0.15, -0.1) is 0 Å². The Balaban J connectivity index is 1.63. The lowest BCUT2D eigenvalue weighted by atomic mass is 10.0. The van der Waals surface area contributed by atoms with Crippen LogP contribution in [0.1, 0.15) is 36.7 Å². The van der Waals surface area contributed by atoms with Gasteiger partial charge in [-0.2, -0.15) is 0 Å². The number of aromatic amines is 1. The van der Waals surface area contributed by atoms with Crippen LogP contribution in [0.5, 0.6) is 0 Å². The number of likely N-dealkylation sites (tertiary alicyclic amines) is 1. The monoisotopic (exact) mass is 375 g/mol. The van der Waals surface area contributed by atoms with Crippen molar-refractivity contribution in [2.75, 3.05) is 26.7 Å². The number of amides is 2. The van der Waals surface area contributed by atoms with Crippen LogP contribution in [0.3, 0.4) is 0 Å². The number of carbonyl (C=O) groups is 1. The Labute approximate surface area is 159 Å². The van der Waals surface area contributed by atoms with Gasteiger partial charge in [0.1, 0.15) is 5.82 Å². The van der Waals surface area contributed by atoms with Crippen molar-refractivity contribution < 1.29 is 4.79 Å². The maximum atomic E-state index is 12.5. The molecule has 6 nitrogen and oxygen atoms in total. The maximum absolute atomic E-state index is 12.5. The summed E-state index contributed by atoms with van der Waals surface area (Å²) in [5, 5.41) is 3.81. The first-order valence-corrected chi connectivity index (χ1v) is 9.48. The molecule has 1 aromatic carbocycles. The number of nitrogens with zero attached hydrogens (tertiary/aromatic N) is 3. The Morgan fingerprint density at radius 1 is 1.31 bits per heavy atom. The predicted octanol–water partition coefficient (Wildman–Crippen LogP) is 3.43. The van der Waals surface area contributed by atoms with E-state index in [4.69, 9.17) is 11.6 Å². The summed E-state index contributed by atoms with van der Waals surface area (Å²) in [6.45, 7) is 3.15. The number of hydrogen-bond acceptors (Lipinski definition) is 3. The van der Waals surface area contributed by atoms with Crippen molar-refractivity contribution in [2.45, 2.75) is 31.8 Å². The van der Waals surface area contributed by atoms with Crippen molar-refractivity contribution in [3.8, 4) is 0 Å². The minimum Gasteiger partial charge on any atom is -0.347 e. The average molecular weight is 376 g/mol. The third-order valence-corrected chi connectivity index (χ3v) is 5.07. The maximum Gasteiger partial charge on any atom is 0.317 e. The molecule has 0 bridgehead atoms. The van der Waals surface area contributed by atoms with E-state index in [9.17, 15) is 4.79 Å². The quantitative estimate of drug-likeness (QED) is 0.812. The zero-order valence-corrected chi connectivity index (χ0v) is 15.9. The fourth-order valence-corrected chi connectivity index (χ4v) is 3.50. The van der Waals surface area contributed by atoms with Crippen molar-refractivity contribution >= 4 is 17.6 Å². The molecular formula is C19H26ClN5O. The van der Waals surface area contributed by atoms with E-state index in [2.05, 4.69) is 32.3 Å². The van der Waals surface area contributed by atoms with Gasteiger partial charge in [-0.1, -0.05) is 30.2 Å². The number of hydrogen-bond donors (Lipinski definition) is 2. The van der Waals surface area contributed by atoms with Crippen LogP contribution in [-0.2, 0) is 6.54 Å². The summed E-state index contributed by atoms with van der Waals surface area (Å²) < 4.78 is 0. The van der Waals surface area contributed by atoms with Gasteiger partial charge in [0, 0.05) is 31.0 Å². The van der Waals surface area contributed by atoms with Crippen LogP contribution >= 0.6 is 11.6 Å². The summed E-state index contributed by atoms with van der Waals surface area (Å²) in [7, 11) is 1.77. The minimum atomic E-state index is -0.0997. The number of H-pyrrole nitrogens is 1. The van der Waals surface area contributed by atoms with E-state index in [1.165, 1.54) is 24.8 Å². The zero-order valence-electron chi connectivity index (χ0n) is 15.1. The Morgan fingerprint density at radius 2 is 2.04 bits per heavy atom. The fourth-order valence-electron chi connectivity index (χ4n) is 3.37. The molecule has 0 radical (unpaired) electrons. The van der Waals surface area contributed by atoms with Gasteiger partial charge in [0.2, 0.25) is 0 Å². The molecule has 2 aromatic rings. The van der Waals surface area contributed by atoms with Crippen molar-refractivity contribution in [2.24, 2.45) is 0 Å². The lowest BCUT2D eigenvalue weighted by molar-refractivity contribution is 0.156. The molecule has 7 heteroatoms. The van der Waals surface area contributed by atoms with Crippen LogP contribution in [0.15, 0.2) is 36.7 Å². The number of imidazole rings is 1. The summed E-state index contributed by atoms with van der Waals surface area (Å²) >= 11 is 6.04. The molecule has 1 aliphatic heterocycles. The first-order chi connectivity index (χ1) is 12.6. The molecule has 1 aliphatic rings. The molecule has 3 rings (SSSR count). The molecule has 0 aliphatic carbocycles. The van der Waals surface area contributed by atoms with E-state index in [-0.39, 0.29) is 12.1 Å². The summed E-state index contributed by atoms with van der Waals surface area (Å²) in [4.78, 5) is 23.7. The molecule has 140 valence electrons. The second-order valence-corrected chi connectivity index (χ2v) is 7.18. The van der Waals surface area contributed by atoms with Crippen molar-refractivity contribution in [3.63, 3.8) is 0 Å². The molecule has 1 atom stereocenters. The lowest BCUT2D eigenvalue weighted by Gasteiger charge is -2.35. The molecule has 2 N–H and O–H groups in total. The van der Waals surface area contributed by atoms with Crippen LogP contribution in [0, 0.1) is 0 Å². The molecule has 2 amide bonds. The zero-order chi connectivity index (χ0) is 18.4. The molecular weight excluding hydrogens is 350 g/mol. The number of halogens is 1. The number of benzene rings is 1. The molecule has 26 heavy (non-hydrogen) atoms. The lowest BCUT2D eigenvalue weighted by Crippen LogP contribution is -2.44. The highest BCUT2D eigenvalue weighted by molar-refractivity contribution is 6.30. The van der Waals surface area contributed by atoms with Crippen molar-refractivity contribution in [3.05, 3.63) is 53.1 Å². The van der Waals surface area contributed by atoms with Gasteiger partial charge >= 0.3 is 6.03 Å². The highest BCUT2D eigenvalue weighted by Crippen LogP contribution is 2.25. The van der Waals surface area contributed by atoms with Gasteiger partial charge in [0.15, 0.2) is 0 Å². The summed E-state index contributed by atoms with van der Waals surface area (Å²) in [6.07, 6.45) is 7.14. The number of rotatable bonds is 6. The molecule has 1 saturated heterocycles. The van der Waals surface area contributed by atoms with Gasteiger partial charge < -0.3 is 15.2 Å². The van der Waals surface area contributed by atoms with Crippen LogP contribution in [0.4, 0.5) is 4.79 Å². The van der Waals surface area contributed by atoms with Gasteiger partial charge in [-0.3, -0.25) is 4.90 Å². The third-order valence-electron chi connectivity index (χ3n) is 4.82. The van der Waals surface area contributed by atoms with E-state index < -0.39 is 0 Å². The first kappa shape index (κ1) is 18.7. The summed E-state index contributed by atoms with van der Waals surface area (Å²) in [5.41, 5.74) is 1.19. The molecule has 0 spiro atoms. The van der Waals surface area contributed by atoms with Crippen LogP contribution in [0.2, 0.25) is 5.02 Å². The average Bonchev–Trinajstić information content (AvgIpc) is 3.17. The molecule has 1 aromatic heterocycles. The van der Waals surface area contributed by atoms with E-state index in [0.717, 1.165) is 23.9 Å². The number of piperidine rings is 1. The summed E-state index contributed by atoms with van der Waals surface area (Å²) in [6, 6.07) is 8.00. The highest BCUT2D eigenvalue weighted by Gasteiger charge is 2.23. The number of carbonyl (C=O) groups excluding carboxylic acids is 1. The SMILES string of the molecule is CN(Cc1ncc[nH]1)C(=O)NC[C@@H](c1ccc(Cl)cc1)N1CCCCC1. The second kappa shape index (κ2) is 9.05. The Morgan fingerprint density at radius 3 is 2.69 bits per heavy atom. The minimum absolute atomic E-state index is 0.0997. The second-order valence-electron chi connectivity index (χ2n) is 6.74. The highest BCUT2D eigenvalue weighted by atomic mass is 35.5. The van der Waals surface area contributed by atoms with E-state index in [1.54, 1.807) is 24.3 Å². The van der Waals surface area contributed by atoms with Crippen LogP contribution < -0.4 is 5.32 Å². The third kappa shape index (κ3) is 4.99. The number of aromatic nitrogens is 2. The standard InChI is InChI=1S/C19H26ClN5O/c1-24(14-18-21-9-10-22-18)19(26)23-13-17(25-11-3-2-4-12-25)15-5-7-16(20)8-6-15/h5-10,17H,2-4,11-14H2,1H3,(H,21,22)(H,23,26)/t17-/m0/s1. The topological polar surface area (TPSA) is 64.3 Å². The van der Waals surface area contributed by atoms with Crippen molar-refractivity contribution in [1.82, 2.24) is 25.1 Å². The molecule has 0 unspecified atom stereocenters. The van der Waals surface area contributed by atoms with E-state index >= 15 is 0 Å². The van der Waals surface area contributed by atoms with Gasteiger partial charge in [0.05, 0.1) is 12.6 Å². The fraction of sp³-hybridized carbons (Fsp3) is 0.474. The molecule has 0 saturated carbocycles. The Kier molecular flexibility index (Phi) is 6.52. The Bertz CT molecular complexity index is 682. The predicted molar refractivity (Wildman–Crippen MR) is 103 cm³/mol. The van der Waals surface area contributed by atoms with Crippen molar-refractivity contribution in [1.29, 1.82) is 0 Å².